The van der Waals surface area contributed by atoms with Crippen molar-refractivity contribution in [3.8, 4) is 0 Å². The van der Waals surface area contributed by atoms with Crippen LogP contribution in [0, 0.1) is 0 Å². The Balaban J connectivity index is 2.11. The number of nitrogens with zero attached hydrogens (tertiary/aromatic N) is 1. The van der Waals surface area contributed by atoms with Crippen LogP contribution < -0.4 is 5.14 Å². The van der Waals surface area contributed by atoms with Crippen molar-refractivity contribution in [1.29, 1.82) is 0 Å². The highest BCUT2D eigenvalue weighted by Crippen LogP contribution is 2.14. The number of carbonyl (C=O) groups excluding carboxylic acids is 1. The fourth-order valence-electron chi connectivity index (χ4n) is 2.17. The molecule has 1 atom stereocenters. The second-order valence-electron chi connectivity index (χ2n) is 4.93. The number of morpholine rings is 1. The molecule has 0 aromatic heterocycles. The van der Waals surface area contributed by atoms with Crippen LogP contribution in [0.15, 0.2) is 24.3 Å². The molecule has 1 aromatic rings. The van der Waals surface area contributed by atoms with Gasteiger partial charge in [0.15, 0.2) is 0 Å². The number of amides is 1. The van der Waals surface area contributed by atoms with E-state index in [4.69, 9.17) is 9.88 Å². The Morgan fingerprint density at radius 2 is 2.05 bits per heavy atom. The first-order chi connectivity index (χ1) is 9.37. The number of rotatable bonds is 3. The molecule has 6 nitrogen and oxygen atoms in total. The van der Waals surface area contributed by atoms with Crippen molar-refractivity contribution < 1.29 is 17.9 Å². The molecule has 2 N–H and O–H groups in total. The van der Waals surface area contributed by atoms with Crippen molar-refractivity contribution in [2.24, 2.45) is 5.14 Å². The number of primary sulfonamides is 1. The maximum Gasteiger partial charge on any atom is 0.254 e. The van der Waals surface area contributed by atoms with Crippen LogP contribution in [0.1, 0.15) is 22.8 Å². The molecule has 1 aromatic carbocycles. The molecule has 20 heavy (non-hydrogen) atoms. The van der Waals surface area contributed by atoms with Crippen LogP contribution >= 0.6 is 0 Å². The van der Waals surface area contributed by atoms with E-state index in [0.717, 1.165) is 0 Å². The van der Waals surface area contributed by atoms with Gasteiger partial charge in [-0.3, -0.25) is 4.79 Å². The number of hydrogen-bond donors (Lipinski definition) is 1. The second-order valence-corrected chi connectivity index (χ2v) is 6.54. The first-order valence-corrected chi connectivity index (χ1v) is 8.06. The Morgan fingerprint density at radius 3 is 2.60 bits per heavy atom. The summed E-state index contributed by atoms with van der Waals surface area (Å²) in [6.07, 6.45) is 0. The number of carbonyl (C=O) groups is 1. The molecule has 1 heterocycles. The SMILES string of the molecule is C[C@@H]1COCCN1C(=O)c1ccc(CS(N)(=O)=O)cc1. The van der Waals surface area contributed by atoms with E-state index in [1.807, 2.05) is 6.92 Å². The van der Waals surface area contributed by atoms with Gasteiger partial charge in [0, 0.05) is 12.1 Å². The highest BCUT2D eigenvalue weighted by Gasteiger charge is 2.24. The maximum atomic E-state index is 12.3. The molecule has 2 rings (SSSR count). The highest BCUT2D eigenvalue weighted by molar-refractivity contribution is 7.88. The molecule has 1 aliphatic rings. The van der Waals surface area contributed by atoms with Crippen LogP contribution in [0.25, 0.3) is 0 Å². The molecule has 7 heteroatoms. The van der Waals surface area contributed by atoms with Crippen LogP contribution in [0.4, 0.5) is 0 Å². The first kappa shape index (κ1) is 15.0. The Hall–Kier alpha value is -1.44. The van der Waals surface area contributed by atoms with E-state index in [9.17, 15) is 13.2 Å². The molecule has 0 spiro atoms. The zero-order valence-electron chi connectivity index (χ0n) is 11.3. The summed E-state index contributed by atoms with van der Waals surface area (Å²) in [7, 11) is -3.55. The van der Waals surface area contributed by atoms with Gasteiger partial charge in [0.05, 0.1) is 25.0 Å². The third kappa shape index (κ3) is 3.78. The lowest BCUT2D eigenvalue weighted by Crippen LogP contribution is -2.47. The van der Waals surface area contributed by atoms with E-state index in [-0.39, 0.29) is 17.7 Å². The van der Waals surface area contributed by atoms with Crippen LogP contribution in [-0.4, -0.2) is 45.0 Å². The van der Waals surface area contributed by atoms with Gasteiger partial charge >= 0.3 is 0 Å². The fraction of sp³-hybridized carbons (Fsp3) is 0.462. The van der Waals surface area contributed by atoms with Gasteiger partial charge < -0.3 is 9.64 Å². The summed E-state index contributed by atoms with van der Waals surface area (Å²) in [5.41, 5.74) is 1.11. The van der Waals surface area contributed by atoms with E-state index < -0.39 is 10.0 Å². The Bertz CT molecular complexity index is 583. The molecule has 0 radical (unpaired) electrons. The summed E-state index contributed by atoms with van der Waals surface area (Å²) in [6, 6.07) is 6.53. The molecule has 1 aliphatic heterocycles. The Morgan fingerprint density at radius 1 is 1.40 bits per heavy atom. The van der Waals surface area contributed by atoms with Gasteiger partial charge in [0.25, 0.3) is 5.91 Å². The molecule has 1 fully saturated rings. The molecule has 1 saturated heterocycles. The topological polar surface area (TPSA) is 89.7 Å². The van der Waals surface area contributed by atoms with E-state index >= 15 is 0 Å². The minimum atomic E-state index is -3.55. The highest BCUT2D eigenvalue weighted by atomic mass is 32.2. The van der Waals surface area contributed by atoms with Crippen molar-refractivity contribution in [1.82, 2.24) is 4.90 Å². The second kappa shape index (κ2) is 5.90. The molecule has 110 valence electrons. The Labute approximate surface area is 118 Å². The predicted octanol–water partition coefficient (Wildman–Crippen LogP) is 0.336. The van der Waals surface area contributed by atoms with Gasteiger partial charge in [-0.1, -0.05) is 12.1 Å². The van der Waals surface area contributed by atoms with Crippen LogP contribution in [0.2, 0.25) is 0 Å². The molecule has 1 amide bonds. The lowest BCUT2D eigenvalue weighted by Gasteiger charge is -2.33. The number of benzene rings is 1. The van der Waals surface area contributed by atoms with Gasteiger partial charge in [0.1, 0.15) is 0 Å². The molecular weight excluding hydrogens is 280 g/mol. The third-order valence-electron chi connectivity index (χ3n) is 3.20. The van der Waals surface area contributed by atoms with Crippen molar-refractivity contribution >= 4 is 15.9 Å². The van der Waals surface area contributed by atoms with Gasteiger partial charge in [0.2, 0.25) is 10.0 Å². The standard InChI is InChI=1S/C13H18N2O4S/c1-10-8-19-7-6-15(10)13(16)12-4-2-11(3-5-12)9-20(14,17)18/h2-5,10H,6-9H2,1H3,(H2,14,17,18)/t10-/m1/s1. The molecule has 0 saturated carbocycles. The van der Waals surface area contributed by atoms with Crippen molar-refractivity contribution in [2.75, 3.05) is 19.8 Å². The van der Waals surface area contributed by atoms with Gasteiger partial charge in [-0.05, 0) is 24.6 Å². The number of hydrogen-bond acceptors (Lipinski definition) is 4. The van der Waals surface area contributed by atoms with Gasteiger partial charge in [-0.2, -0.15) is 0 Å². The van der Waals surface area contributed by atoms with Gasteiger partial charge in [-0.25, -0.2) is 13.6 Å². The van der Waals surface area contributed by atoms with E-state index in [0.29, 0.717) is 30.9 Å². The van der Waals surface area contributed by atoms with Gasteiger partial charge in [-0.15, -0.1) is 0 Å². The smallest absolute Gasteiger partial charge is 0.254 e. The number of nitrogens with two attached hydrogens (primary N) is 1. The van der Waals surface area contributed by atoms with Crippen LogP contribution in [0.5, 0.6) is 0 Å². The average Bonchev–Trinajstić information content (AvgIpc) is 2.37. The summed E-state index contributed by atoms with van der Waals surface area (Å²) in [6.45, 7) is 3.58. The first-order valence-electron chi connectivity index (χ1n) is 6.35. The largest absolute Gasteiger partial charge is 0.377 e. The average molecular weight is 298 g/mol. The fourth-order valence-corrected chi connectivity index (χ4v) is 2.83. The summed E-state index contributed by atoms with van der Waals surface area (Å²) in [5.74, 6) is -0.293. The Kier molecular flexibility index (Phi) is 4.42. The lowest BCUT2D eigenvalue weighted by atomic mass is 10.1. The summed E-state index contributed by atoms with van der Waals surface area (Å²) < 4.78 is 27.3. The van der Waals surface area contributed by atoms with E-state index in [1.165, 1.54) is 0 Å². The minimum absolute atomic E-state index is 0.0420. The quantitative estimate of drug-likeness (QED) is 0.871. The van der Waals surface area contributed by atoms with Crippen LogP contribution in [0.3, 0.4) is 0 Å². The predicted molar refractivity (Wildman–Crippen MR) is 74.6 cm³/mol. The van der Waals surface area contributed by atoms with Crippen molar-refractivity contribution in [3.63, 3.8) is 0 Å². The van der Waals surface area contributed by atoms with E-state index in [2.05, 4.69) is 0 Å². The molecule has 0 unspecified atom stereocenters. The summed E-state index contributed by atoms with van der Waals surface area (Å²) in [5, 5.41) is 4.98. The van der Waals surface area contributed by atoms with E-state index in [1.54, 1.807) is 29.2 Å². The minimum Gasteiger partial charge on any atom is -0.377 e. The summed E-state index contributed by atoms with van der Waals surface area (Å²) in [4.78, 5) is 14.1. The zero-order chi connectivity index (χ0) is 14.8. The van der Waals surface area contributed by atoms with Crippen LogP contribution in [-0.2, 0) is 20.5 Å². The normalized spacial score (nSPS) is 19.9. The van der Waals surface area contributed by atoms with Crippen molar-refractivity contribution in [3.05, 3.63) is 35.4 Å². The zero-order valence-corrected chi connectivity index (χ0v) is 12.1. The number of ether oxygens (including phenoxy) is 1. The maximum absolute atomic E-state index is 12.3. The molecule has 0 bridgehead atoms. The monoisotopic (exact) mass is 298 g/mol. The molecular formula is C13H18N2O4S. The summed E-state index contributed by atoms with van der Waals surface area (Å²) >= 11 is 0. The van der Waals surface area contributed by atoms with Crippen molar-refractivity contribution in [2.45, 2.75) is 18.7 Å². The third-order valence-corrected chi connectivity index (χ3v) is 3.93. The molecule has 0 aliphatic carbocycles. The lowest BCUT2D eigenvalue weighted by molar-refractivity contribution is 0.00359. The number of sulfonamides is 1.